The Labute approximate surface area is 169 Å². The number of carbonyl (C=O) groups excluding carboxylic acids is 2. The fourth-order valence-corrected chi connectivity index (χ4v) is 3.25. The summed E-state index contributed by atoms with van der Waals surface area (Å²) in [6.45, 7) is 0. The van der Waals surface area contributed by atoms with E-state index in [1.165, 1.54) is 11.8 Å². The van der Waals surface area contributed by atoms with Gasteiger partial charge in [0.25, 0.3) is 5.91 Å². The summed E-state index contributed by atoms with van der Waals surface area (Å²) in [7, 11) is 1.58. The van der Waals surface area contributed by atoms with Gasteiger partial charge in [0, 0.05) is 22.8 Å². The Morgan fingerprint density at radius 3 is 2.48 bits per heavy atom. The molecule has 2 amide bonds. The molecule has 0 radical (unpaired) electrons. The number of benzene rings is 2. The van der Waals surface area contributed by atoms with Crippen molar-refractivity contribution in [3.63, 3.8) is 0 Å². The summed E-state index contributed by atoms with van der Waals surface area (Å²) in [5, 5.41) is 6.04. The van der Waals surface area contributed by atoms with E-state index >= 15 is 0 Å². The molecule has 0 atom stereocenters. The molecule has 0 aliphatic rings. The van der Waals surface area contributed by atoms with Crippen LogP contribution in [0.5, 0.6) is 0 Å². The lowest BCUT2D eigenvalue weighted by atomic mass is 10.2. The van der Waals surface area contributed by atoms with Crippen molar-refractivity contribution in [2.45, 2.75) is 5.16 Å². The summed E-state index contributed by atoms with van der Waals surface area (Å²) < 4.78 is 1.01. The molecule has 3 rings (SSSR count). The number of halogens is 1. The molecule has 0 spiro atoms. The maximum Gasteiger partial charge on any atom is 0.251 e. The fourth-order valence-electron chi connectivity index (χ4n) is 2.33. The highest BCUT2D eigenvalue weighted by atomic mass is 79.9. The summed E-state index contributed by atoms with van der Waals surface area (Å²) in [6, 6.07) is 14.6. The number of aromatic amines is 1. The van der Waals surface area contributed by atoms with Crippen LogP contribution in [0.15, 0.2) is 64.4 Å². The minimum atomic E-state index is -0.164. The van der Waals surface area contributed by atoms with Gasteiger partial charge in [-0.1, -0.05) is 39.8 Å². The van der Waals surface area contributed by atoms with Gasteiger partial charge in [-0.25, -0.2) is 4.98 Å². The summed E-state index contributed by atoms with van der Waals surface area (Å²) in [6.07, 6.45) is 1.75. The van der Waals surface area contributed by atoms with Crippen molar-refractivity contribution < 1.29 is 9.59 Å². The first kappa shape index (κ1) is 19.2. The maximum atomic E-state index is 12.1. The third kappa shape index (κ3) is 5.21. The molecule has 138 valence electrons. The van der Waals surface area contributed by atoms with E-state index in [1.54, 1.807) is 37.5 Å². The minimum Gasteiger partial charge on any atom is -0.355 e. The number of rotatable bonds is 6. The van der Waals surface area contributed by atoms with Gasteiger partial charge in [-0.2, -0.15) is 0 Å². The standard InChI is InChI=1S/C19H17BrN4O2S/c1-21-18(26)13-4-8-15(9-5-13)23-17(25)11-27-19-22-10-16(24-19)12-2-6-14(20)7-3-12/h2-10H,11H2,1H3,(H,21,26)(H,22,24)(H,23,25). The zero-order valence-corrected chi connectivity index (χ0v) is 16.9. The monoisotopic (exact) mass is 444 g/mol. The van der Waals surface area contributed by atoms with Crippen LogP contribution < -0.4 is 10.6 Å². The first-order chi connectivity index (χ1) is 13.0. The summed E-state index contributed by atoms with van der Waals surface area (Å²) >= 11 is 4.74. The van der Waals surface area contributed by atoms with Crippen LogP contribution in [0.3, 0.4) is 0 Å². The number of aromatic nitrogens is 2. The van der Waals surface area contributed by atoms with Gasteiger partial charge in [0.1, 0.15) is 0 Å². The Kier molecular flexibility index (Phi) is 6.31. The summed E-state index contributed by atoms with van der Waals surface area (Å²) in [5.74, 6) is -0.0816. The molecule has 0 fully saturated rings. The van der Waals surface area contributed by atoms with Crippen LogP contribution in [0.25, 0.3) is 11.3 Å². The first-order valence-corrected chi connectivity index (χ1v) is 9.89. The van der Waals surface area contributed by atoms with Crippen molar-refractivity contribution in [2.24, 2.45) is 0 Å². The molecule has 3 N–H and O–H groups in total. The van der Waals surface area contributed by atoms with Gasteiger partial charge in [0.05, 0.1) is 17.6 Å². The first-order valence-electron chi connectivity index (χ1n) is 8.11. The Bertz CT molecular complexity index is 939. The molecular formula is C19H17BrN4O2S. The molecule has 8 heteroatoms. The molecule has 6 nitrogen and oxygen atoms in total. The third-order valence-electron chi connectivity index (χ3n) is 3.71. The van der Waals surface area contributed by atoms with Crippen LogP contribution in [-0.2, 0) is 4.79 Å². The number of H-pyrrole nitrogens is 1. The van der Waals surface area contributed by atoms with Crippen LogP contribution in [0.2, 0.25) is 0 Å². The molecule has 0 aliphatic heterocycles. The highest BCUT2D eigenvalue weighted by Crippen LogP contribution is 2.23. The van der Waals surface area contributed by atoms with Crippen molar-refractivity contribution >= 4 is 45.2 Å². The Morgan fingerprint density at radius 1 is 1.11 bits per heavy atom. The van der Waals surface area contributed by atoms with Gasteiger partial charge >= 0.3 is 0 Å². The van der Waals surface area contributed by atoms with Crippen molar-refractivity contribution in [1.82, 2.24) is 15.3 Å². The van der Waals surface area contributed by atoms with E-state index < -0.39 is 0 Å². The molecule has 27 heavy (non-hydrogen) atoms. The quantitative estimate of drug-likeness (QED) is 0.502. The number of carbonyl (C=O) groups is 2. The lowest BCUT2D eigenvalue weighted by Gasteiger charge is -2.05. The maximum absolute atomic E-state index is 12.1. The topological polar surface area (TPSA) is 86.9 Å². The van der Waals surface area contributed by atoms with Crippen molar-refractivity contribution in [1.29, 1.82) is 0 Å². The van der Waals surface area contributed by atoms with E-state index in [-0.39, 0.29) is 17.6 Å². The third-order valence-corrected chi connectivity index (χ3v) is 5.12. The molecule has 0 saturated carbocycles. The van der Waals surface area contributed by atoms with Crippen molar-refractivity contribution in [2.75, 3.05) is 18.1 Å². The minimum absolute atomic E-state index is 0.144. The van der Waals surface area contributed by atoms with Gasteiger partial charge in [0.2, 0.25) is 5.91 Å². The van der Waals surface area contributed by atoms with Gasteiger partial charge < -0.3 is 15.6 Å². The predicted octanol–water partition coefficient (Wildman–Crippen LogP) is 3.93. The molecule has 1 heterocycles. The molecule has 0 aliphatic carbocycles. The lowest BCUT2D eigenvalue weighted by Crippen LogP contribution is -2.18. The molecular weight excluding hydrogens is 428 g/mol. The van der Waals surface area contributed by atoms with Crippen molar-refractivity contribution in [3.05, 3.63) is 64.8 Å². The molecule has 0 bridgehead atoms. The van der Waals surface area contributed by atoms with E-state index in [2.05, 4.69) is 36.5 Å². The van der Waals surface area contributed by atoms with E-state index in [4.69, 9.17) is 0 Å². The lowest BCUT2D eigenvalue weighted by molar-refractivity contribution is -0.113. The number of thioether (sulfide) groups is 1. The average Bonchev–Trinajstić information content (AvgIpc) is 3.16. The number of amides is 2. The summed E-state index contributed by atoms with van der Waals surface area (Å²) in [5.41, 5.74) is 3.11. The van der Waals surface area contributed by atoms with Crippen molar-refractivity contribution in [3.8, 4) is 11.3 Å². The van der Waals surface area contributed by atoms with E-state index in [9.17, 15) is 9.59 Å². The normalized spacial score (nSPS) is 10.4. The van der Waals surface area contributed by atoms with E-state index in [0.717, 1.165) is 15.7 Å². The highest BCUT2D eigenvalue weighted by Gasteiger charge is 2.09. The number of nitrogens with zero attached hydrogens (tertiary/aromatic N) is 1. The van der Waals surface area contributed by atoms with Crippen LogP contribution >= 0.6 is 27.7 Å². The Hall–Kier alpha value is -2.58. The molecule has 2 aromatic carbocycles. The second-order valence-electron chi connectivity index (χ2n) is 5.60. The second kappa shape index (κ2) is 8.88. The Balaban J connectivity index is 1.53. The SMILES string of the molecule is CNC(=O)c1ccc(NC(=O)CSc2ncc(-c3ccc(Br)cc3)[nH]2)cc1. The number of anilines is 1. The van der Waals surface area contributed by atoms with Gasteiger partial charge in [-0.15, -0.1) is 0 Å². The average molecular weight is 445 g/mol. The number of hydrogen-bond donors (Lipinski definition) is 3. The van der Waals surface area contributed by atoms with Crippen LogP contribution in [0.1, 0.15) is 10.4 Å². The molecule has 0 unspecified atom stereocenters. The van der Waals surface area contributed by atoms with Gasteiger partial charge in [-0.3, -0.25) is 9.59 Å². The van der Waals surface area contributed by atoms with E-state index in [0.29, 0.717) is 16.4 Å². The van der Waals surface area contributed by atoms with Crippen LogP contribution in [-0.4, -0.2) is 34.6 Å². The molecule has 0 saturated heterocycles. The summed E-state index contributed by atoms with van der Waals surface area (Å²) in [4.78, 5) is 31.1. The zero-order valence-electron chi connectivity index (χ0n) is 14.5. The van der Waals surface area contributed by atoms with Crippen LogP contribution in [0, 0.1) is 0 Å². The smallest absolute Gasteiger partial charge is 0.251 e. The Morgan fingerprint density at radius 2 is 1.81 bits per heavy atom. The number of imidazole rings is 1. The molecule has 3 aromatic rings. The van der Waals surface area contributed by atoms with Gasteiger partial charge in [0.15, 0.2) is 5.16 Å². The fraction of sp³-hybridized carbons (Fsp3) is 0.105. The van der Waals surface area contributed by atoms with Crippen LogP contribution in [0.4, 0.5) is 5.69 Å². The number of nitrogens with one attached hydrogen (secondary N) is 3. The highest BCUT2D eigenvalue weighted by molar-refractivity contribution is 9.10. The number of hydrogen-bond acceptors (Lipinski definition) is 4. The van der Waals surface area contributed by atoms with Gasteiger partial charge in [-0.05, 0) is 42.0 Å². The van der Waals surface area contributed by atoms with E-state index in [1.807, 2.05) is 24.3 Å². The largest absolute Gasteiger partial charge is 0.355 e. The molecule has 1 aromatic heterocycles. The second-order valence-corrected chi connectivity index (χ2v) is 7.48. The zero-order chi connectivity index (χ0) is 19.2. The predicted molar refractivity (Wildman–Crippen MR) is 111 cm³/mol.